The van der Waals surface area contributed by atoms with E-state index in [-0.39, 0.29) is 17.9 Å². The quantitative estimate of drug-likeness (QED) is 0.366. The van der Waals surface area contributed by atoms with Crippen LogP contribution in [0.3, 0.4) is 0 Å². The fourth-order valence-electron chi connectivity index (χ4n) is 3.63. The number of aliphatic hydroxyl groups is 1. The number of carbonyl (C=O) groups excluding carboxylic acids is 2. The average molecular weight is 435 g/mol. The standard InChI is InChI=1S/C24H19ClN2O4/c1-31-19-10-6-17(7-11-19)22(28)20-21(16-4-8-18(25)9-5-16)27(24(30)23(20)29)14-15-3-2-12-26-13-15/h2-13,21,28H,14H2,1H3/t21-/m1/s1. The minimum Gasteiger partial charge on any atom is -0.507 e. The molecular formula is C24H19ClN2O4. The SMILES string of the molecule is COc1ccc(C(O)=C2C(=O)C(=O)N(Cc3cccnc3)[C@@H]2c2ccc(Cl)cc2)cc1. The molecule has 6 nitrogen and oxygen atoms in total. The van der Waals surface area contributed by atoms with Crippen LogP contribution in [0.2, 0.25) is 5.02 Å². The number of hydrogen-bond donors (Lipinski definition) is 1. The van der Waals surface area contributed by atoms with Gasteiger partial charge in [0.15, 0.2) is 0 Å². The molecule has 1 saturated heterocycles. The van der Waals surface area contributed by atoms with E-state index < -0.39 is 17.7 Å². The lowest BCUT2D eigenvalue weighted by Crippen LogP contribution is -2.29. The molecule has 1 aliphatic rings. The Hall–Kier alpha value is -3.64. The van der Waals surface area contributed by atoms with E-state index >= 15 is 0 Å². The molecule has 0 saturated carbocycles. The van der Waals surface area contributed by atoms with Crippen LogP contribution in [0, 0.1) is 0 Å². The van der Waals surface area contributed by atoms with Crippen molar-refractivity contribution in [3.8, 4) is 5.75 Å². The summed E-state index contributed by atoms with van der Waals surface area (Å²) < 4.78 is 5.15. The van der Waals surface area contributed by atoms with Gasteiger partial charge in [0.1, 0.15) is 11.5 Å². The van der Waals surface area contributed by atoms with Crippen LogP contribution in [-0.4, -0.2) is 33.8 Å². The lowest BCUT2D eigenvalue weighted by molar-refractivity contribution is -0.140. The zero-order valence-electron chi connectivity index (χ0n) is 16.7. The number of aromatic nitrogens is 1. The van der Waals surface area contributed by atoms with Crippen molar-refractivity contribution in [1.29, 1.82) is 0 Å². The first kappa shape index (κ1) is 20.6. The Labute approximate surface area is 184 Å². The summed E-state index contributed by atoms with van der Waals surface area (Å²) in [6.45, 7) is 0.172. The highest BCUT2D eigenvalue weighted by molar-refractivity contribution is 6.46. The summed E-state index contributed by atoms with van der Waals surface area (Å²) in [6.07, 6.45) is 3.28. The van der Waals surface area contributed by atoms with Crippen molar-refractivity contribution in [3.63, 3.8) is 0 Å². The number of rotatable bonds is 5. The fraction of sp³-hybridized carbons (Fsp3) is 0.125. The Balaban J connectivity index is 1.84. The van der Waals surface area contributed by atoms with Crippen molar-refractivity contribution in [2.24, 2.45) is 0 Å². The number of halogens is 1. The van der Waals surface area contributed by atoms with Crippen LogP contribution in [0.5, 0.6) is 5.75 Å². The second-order valence-electron chi connectivity index (χ2n) is 7.07. The molecule has 3 aromatic rings. The number of aliphatic hydroxyl groups excluding tert-OH is 1. The van der Waals surface area contributed by atoms with Crippen LogP contribution >= 0.6 is 11.6 Å². The van der Waals surface area contributed by atoms with Gasteiger partial charge in [0, 0.05) is 29.5 Å². The van der Waals surface area contributed by atoms with Crippen LogP contribution in [0.1, 0.15) is 22.7 Å². The van der Waals surface area contributed by atoms with Gasteiger partial charge in [-0.2, -0.15) is 0 Å². The molecule has 0 unspecified atom stereocenters. The van der Waals surface area contributed by atoms with Crippen molar-refractivity contribution in [2.75, 3.05) is 7.11 Å². The molecular weight excluding hydrogens is 416 g/mol. The van der Waals surface area contributed by atoms with E-state index in [4.69, 9.17) is 16.3 Å². The van der Waals surface area contributed by atoms with Crippen LogP contribution in [0.25, 0.3) is 5.76 Å². The van der Waals surface area contributed by atoms with Gasteiger partial charge in [-0.1, -0.05) is 29.8 Å². The molecule has 31 heavy (non-hydrogen) atoms. The topological polar surface area (TPSA) is 79.7 Å². The van der Waals surface area contributed by atoms with Crippen molar-refractivity contribution in [3.05, 3.63) is 100 Å². The molecule has 2 heterocycles. The number of methoxy groups -OCH3 is 1. The molecule has 0 spiro atoms. The molecule has 1 atom stereocenters. The first-order chi connectivity index (χ1) is 15.0. The van der Waals surface area contributed by atoms with E-state index in [1.165, 1.54) is 4.90 Å². The number of ether oxygens (including phenoxy) is 1. The molecule has 1 N–H and O–H groups in total. The van der Waals surface area contributed by atoms with E-state index in [1.807, 2.05) is 6.07 Å². The number of ketones is 1. The van der Waals surface area contributed by atoms with Crippen molar-refractivity contribution in [2.45, 2.75) is 12.6 Å². The highest BCUT2D eigenvalue weighted by Gasteiger charge is 2.46. The molecule has 1 aliphatic heterocycles. The predicted molar refractivity (Wildman–Crippen MR) is 117 cm³/mol. The Morgan fingerprint density at radius 1 is 1.10 bits per heavy atom. The molecule has 4 rings (SSSR count). The number of pyridine rings is 1. The van der Waals surface area contributed by atoms with Gasteiger partial charge in [-0.25, -0.2) is 0 Å². The maximum atomic E-state index is 13.0. The maximum absolute atomic E-state index is 13.0. The molecule has 0 bridgehead atoms. The molecule has 0 radical (unpaired) electrons. The maximum Gasteiger partial charge on any atom is 0.295 e. The van der Waals surface area contributed by atoms with E-state index in [0.29, 0.717) is 21.9 Å². The summed E-state index contributed by atoms with van der Waals surface area (Å²) in [5.74, 6) is -1.05. The van der Waals surface area contributed by atoms with Crippen molar-refractivity contribution >= 4 is 29.1 Å². The van der Waals surface area contributed by atoms with Crippen molar-refractivity contribution < 1.29 is 19.4 Å². The molecule has 1 aromatic heterocycles. The summed E-state index contributed by atoms with van der Waals surface area (Å²) in [6, 6.07) is 16.3. The lowest BCUT2D eigenvalue weighted by atomic mass is 9.95. The van der Waals surface area contributed by atoms with Crippen LogP contribution in [0.15, 0.2) is 78.6 Å². The number of likely N-dealkylation sites (tertiary alicyclic amines) is 1. The summed E-state index contributed by atoms with van der Waals surface area (Å²) in [4.78, 5) is 31.5. The number of nitrogens with zero attached hydrogens (tertiary/aromatic N) is 2. The van der Waals surface area contributed by atoms with Gasteiger partial charge in [0.2, 0.25) is 0 Å². The summed E-state index contributed by atoms with van der Waals surface area (Å²) in [7, 11) is 1.54. The first-order valence-corrected chi connectivity index (χ1v) is 9.94. The van der Waals surface area contributed by atoms with Crippen LogP contribution in [-0.2, 0) is 16.1 Å². The molecule has 7 heteroatoms. The summed E-state index contributed by atoms with van der Waals surface area (Å²) in [5.41, 5.74) is 1.89. The van der Waals surface area contributed by atoms with E-state index in [2.05, 4.69) is 4.98 Å². The van der Waals surface area contributed by atoms with Crippen molar-refractivity contribution in [1.82, 2.24) is 9.88 Å². The zero-order chi connectivity index (χ0) is 22.0. The first-order valence-electron chi connectivity index (χ1n) is 9.57. The normalized spacial score (nSPS) is 17.7. The summed E-state index contributed by atoms with van der Waals surface area (Å²) in [5, 5.41) is 11.6. The Kier molecular flexibility index (Phi) is 5.73. The lowest BCUT2D eigenvalue weighted by Gasteiger charge is -2.25. The molecule has 1 fully saturated rings. The van der Waals surface area contributed by atoms with Gasteiger partial charge >= 0.3 is 0 Å². The van der Waals surface area contributed by atoms with Gasteiger partial charge in [0.05, 0.1) is 18.7 Å². The van der Waals surface area contributed by atoms with Crippen LogP contribution < -0.4 is 4.74 Å². The van der Waals surface area contributed by atoms with E-state index in [1.54, 1.807) is 74.1 Å². The number of hydrogen-bond acceptors (Lipinski definition) is 5. The average Bonchev–Trinajstić information content (AvgIpc) is 3.05. The van der Waals surface area contributed by atoms with Gasteiger partial charge < -0.3 is 14.7 Å². The zero-order valence-corrected chi connectivity index (χ0v) is 17.4. The number of Topliss-reactive ketones (excluding diaryl/α,β-unsaturated/α-hetero) is 1. The van der Waals surface area contributed by atoms with Crippen LogP contribution in [0.4, 0.5) is 0 Å². The smallest absolute Gasteiger partial charge is 0.295 e. The van der Waals surface area contributed by atoms with Gasteiger partial charge in [-0.3, -0.25) is 14.6 Å². The Bertz CT molecular complexity index is 1140. The second kappa shape index (κ2) is 8.62. The van der Waals surface area contributed by atoms with E-state index in [0.717, 1.165) is 5.56 Å². The third-order valence-electron chi connectivity index (χ3n) is 5.16. The predicted octanol–water partition coefficient (Wildman–Crippen LogP) is 4.37. The monoisotopic (exact) mass is 434 g/mol. The minimum atomic E-state index is -0.764. The highest BCUT2D eigenvalue weighted by Crippen LogP contribution is 2.40. The second-order valence-corrected chi connectivity index (χ2v) is 7.50. The Morgan fingerprint density at radius 2 is 1.81 bits per heavy atom. The highest BCUT2D eigenvalue weighted by atomic mass is 35.5. The molecule has 0 aliphatic carbocycles. The van der Waals surface area contributed by atoms with Gasteiger partial charge in [0.25, 0.3) is 11.7 Å². The minimum absolute atomic E-state index is 0.0291. The van der Waals surface area contributed by atoms with Gasteiger partial charge in [-0.05, 0) is 53.6 Å². The van der Waals surface area contributed by atoms with Gasteiger partial charge in [-0.15, -0.1) is 0 Å². The molecule has 2 aromatic carbocycles. The Morgan fingerprint density at radius 3 is 2.42 bits per heavy atom. The third kappa shape index (κ3) is 4.02. The largest absolute Gasteiger partial charge is 0.507 e. The summed E-state index contributed by atoms with van der Waals surface area (Å²) >= 11 is 6.04. The van der Waals surface area contributed by atoms with E-state index in [9.17, 15) is 14.7 Å². The molecule has 156 valence electrons. The molecule has 1 amide bonds. The fourth-order valence-corrected chi connectivity index (χ4v) is 3.75. The number of carbonyl (C=O) groups is 2. The number of benzene rings is 2. The third-order valence-corrected chi connectivity index (χ3v) is 5.42. The number of amides is 1.